The first-order valence-electron chi connectivity index (χ1n) is 5.40. The average Bonchev–Trinajstić information content (AvgIpc) is 2.71. The number of nitrogens with one attached hydrogen (secondary N) is 1. The predicted molar refractivity (Wildman–Crippen MR) is 65.3 cm³/mol. The van der Waals surface area contributed by atoms with Gasteiger partial charge in [-0.25, -0.2) is 0 Å². The van der Waals surface area contributed by atoms with Gasteiger partial charge in [0.2, 0.25) is 0 Å². The van der Waals surface area contributed by atoms with Crippen LogP contribution in [0.5, 0.6) is 0 Å². The summed E-state index contributed by atoms with van der Waals surface area (Å²) in [5, 5.41) is 6.22. The number of nitrogens with zero attached hydrogens (tertiary/aromatic N) is 3. The van der Waals surface area contributed by atoms with Crippen molar-refractivity contribution in [3.05, 3.63) is 51.4 Å². The highest BCUT2D eigenvalue weighted by molar-refractivity contribution is 5.98. The van der Waals surface area contributed by atoms with Crippen LogP contribution in [0.4, 0.5) is 0 Å². The van der Waals surface area contributed by atoms with Gasteiger partial charge in [0.15, 0.2) is 0 Å². The van der Waals surface area contributed by atoms with E-state index in [-0.39, 0.29) is 5.91 Å². The Morgan fingerprint density at radius 1 is 1.53 bits per heavy atom. The monoisotopic (exact) mass is 228 g/mol. The maximum atomic E-state index is 11.3. The summed E-state index contributed by atoms with van der Waals surface area (Å²) >= 11 is 0. The first-order chi connectivity index (χ1) is 8.31. The third-order valence-corrected chi connectivity index (χ3v) is 2.58. The third kappa shape index (κ3) is 2.65. The summed E-state index contributed by atoms with van der Waals surface area (Å²) in [6.07, 6.45) is 4.65. The predicted octanol–water partition coefficient (Wildman–Crippen LogP) is 2.64. The quantitative estimate of drug-likeness (QED) is 0.365. The highest BCUT2D eigenvalue weighted by atomic mass is 16.1. The van der Waals surface area contributed by atoms with E-state index in [1.807, 2.05) is 30.4 Å². The fourth-order valence-electron chi connectivity index (χ4n) is 1.75. The molecule has 1 N–H and O–H groups in total. The van der Waals surface area contributed by atoms with Gasteiger partial charge in [-0.3, -0.25) is 4.79 Å². The maximum Gasteiger partial charge on any atom is 0.251 e. The van der Waals surface area contributed by atoms with E-state index in [0.29, 0.717) is 13.1 Å². The molecule has 1 aromatic rings. The van der Waals surface area contributed by atoms with Crippen molar-refractivity contribution in [3.8, 4) is 0 Å². The summed E-state index contributed by atoms with van der Waals surface area (Å²) in [5.41, 5.74) is 11.0. The van der Waals surface area contributed by atoms with Crippen LogP contribution in [0.2, 0.25) is 0 Å². The molecular formula is C12H12N4O. The van der Waals surface area contributed by atoms with E-state index in [1.165, 1.54) is 0 Å². The smallest absolute Gasteiger partial charge is 0.251 e. The molecule has 86 valence electrons. The van der Waals surface area contributed by atoms with E-state index in [2.05, 4.69) is 15.3 Å². The Balaban J connectivity index is 2.03. The average molecular weight is 228 g/mol. The normalized spacial score (nSPS) is 13.3. The third-order valence-electron chi connectivity index (χ3n) is 2.58. The minimum Gasteiger partial charge on any atom is -0.348 e. The van der Waals surface area contributed by atoms with E-state index in [1.54, 1.807) is 0 Å². The van der Waals surface area contributed by atoms with E-state index < -0.39 is 0 Å². The number of benzene rings is 1. The number of fused-ring (bicyclic) bond motifs is 1. The standard InChI is InChI=1S/C12H12N4O/c13-16-15-6-2-1-3-9-4-5-11-10(7-9)8-14-12(11)17/h1,3-5,7H,2,6,8H2,(H,14,17). The zero-order chi connectivity index (χ0) is 12.1. The first kappa shape index (κ1) is 11.2. The molecule has 17 heavy (non-hydrogen) atoms. The molecule has 0 aromatic heterocycles. The van der Waals surface area contributed by atoms with Crippen LogP contribution in [-0.4, -0.2) is 12.5 Å². The van der Waals surface area contributed by atoms with Crippen molar-refractivity contribution < 1.29 is 4.79 Å². The molecule has 0 fully saturated rings. The molecule has 0 aliphatic carbocycles. The second-order valence-electron chi connectivity index (χ2n) is 3.74. The lowest BCUT2D eigenvalue weighted by atomic mass is 10.1. The molecule has 1 amide bonds. The van der Waals surface area contributed by atoms with Gasteiger partial charge in [-0.2, -0.15) is 0 Å². The second-order valence-corrected chi connectivity index (χ2v) is 3.74. The van der Waals surface area contributed by atoms with Gasteiger partial charge in [-0.05, 0) is 35.2 Å². The van der Waals surface area contributed by atoms with Crippen LogP contribution in [0.3, 0.4) is 0 Å². The number of hydrogen-bond donors (Lipinski definition) is 1. The zero-order valence-corrected chi connectivity index (χ0v) is 9.26. The minimum atomic E-state index is -0.00103. The number of amides is 1. The van der Waals surface area contributed by atoms with Gasteiger partial charge >= 0.3 is 0 Å². The molecule has 0 saturated heterocycles. The van der Waals surface area contributed by atoms with E-state index in [0.717, 1.165) is 23.1 Å². The highest BCUT2D eigenvalue weighted by Crippen LogP contribution is 2.17. The van der Waals surface area contributed by atoms with Gasteiger partial charge < -0.3 is 5.32 Å². The van der Waals surface area contributed by atoms with E-state index in [4.69, 9.17) is 5.53 Å². The maximum absolute atomic E-state index is 11.3. The lowest BCUT2D eigenvalue weighted by molar-refractivity contribution is 0.0966. The number of hydrogen-bond acceptors (Lipinski definition) is 2. The number of carbonyl (C=O) groups is 1. The Hall–Kier alpha value is -2.26. The van der Waals surface area contributed by atoms with E-state index >= 15 is 0 Å². The van der Waals surface area contributed by atoms with Gasteiger partial charge in [0, 0.05) is 23.6 Å². The molecule has 1 aliphatic rings. The molecule has 5 heteroatoms. The molecule has 0 unspecified atom stereocenters. The molecule has 0 atom stereocenters. The zero-order valence-electron chi connectivity index (χ0n) is 9.26. The molecular weight excluding hydrogens is 216 g/mol. The van der Waals surface area contributed by atoms with Crippen molar-refractivity contribution in [2.75, 3.05) is 6.54 Å². The number of azide groups is 1. The van der Waals surface area contributed by atoms with E-state index in [9.17, 15) is 4.79 Å². The van der Waals surface area contributed by atoms with Crippen LogP contribution in [0, 0.1) is 0 Å². The Kier molecular flexibility index (Phi) is 3.43. The molecule has 1 aliphatic heterocycles. The molecule has 5 nitrogen and oxygen atoms in total. The van der Waals surface area contributed by atoms with Crippen LogP contribution in [0.1, 0.15) is 27.9 Å². The van der Waals surface area contributed by atoms with Gasteiger partial charge in [-0.1, -0.05) is 23.3 Å². The molecule has 0 saturated carbocycles. The van der Waals surface area contributed by atoms with Crippen LogP contribution < -0.4 is 5.32 Å². The topological polar surface area (TPSA) is 77.9 Å². The molecule has 0 bridgehead atoms. The summed E-state index contributed by atoms with van der Waals surface area (Å²) in [6, 6.07) is 5.75. The lowest BCUT2D eigenvalue weighted by Gasteiger charge is -1.97. The Morgan fingerprint density at radius 2 is 2.41 bits per heavy atom. The molecule has 1 aromatic carbocycles. The van der Waals surface area contributed by atoms with Crippen molar-refractivity contribution >= 4 is 12.0 Å². The van der Waals surface area contributed by atoms with Crippen LogP contribution in [-0.2, 0) is 6.54 Å². The van der Waals surface area contributed by atoms with Crippen molar-refractivity contribution in [2.24, 2.45) is 5.11 Å². The van der Waals surface area contributed by atoms with Gasteiger partial charge in [-0.15, -0.1) is 0 Å². The SMILES string of the molecule is [N-]=[N+]=NCCC=Cc1ccc2c(c1)CNC2=O. The van der Waals surface area contributed by atoms with Gasteiger partial charge in [0.1, 0.15) is 0 Å². The molecule has 0 spiro atoms. The summed E-state index contributed by atoms with van der Waals surface area (Å²) in [4.78, 5) is 14.0. The highest BCUT2D eigenvalue weighted by Gasteiger charge is 2.17. The summed E-state index contributed by atoms with van der Waals surface area (Å²) in [6.45, 7) is 1.08. The Bertz CT molecular complexity index is 515. The fourth-order valence-corrected chi connectivity index (χ4v) is 1.75. The van der Waals surface area contributed by atoms with Crippen LogP contribution in [0.25, 0.3) is 16.5 Å². The Morgan fingerprint density at radius 3 is 3.24 bits per heavy atom. The molecule has 0 radical (unpaired) electrons. The summed E-state index contributed by atoms with van der Waals surface area (Å²) in [7, 11) is 0. The first-order valence-corrected chi connectivity index (χ1v) is 5.40. The molecule has 2 rings (SSSR count). The van der Waals surface area contributed by atoms with Crippen molar-refractivity contribution in [2.45, 2.75) is 13.0 Å². The van der Waals surface area contributed by atoms with Crippen LogP contribution >= 0.6 is 0 Å². The van der Waals surface area contributed by atoms with Crippen LogP contribution in [0.15, 0.2) is 29.4 Å². The largest absolute Gasteiger partial charge is 0.348 e. The van der Waals surface area contributed by atoms with Crippen molar-refractivity contribution in [3.63, 3.8) is 0 Å². The Labute approximate surface area is 98.8 Å². The lowest BCUT2D eigenvalue weighted by Crippen LogP contribution is -2.12. The van der Waals surface area contributed by atoms with Crippen molar-refractivity contribution in [1.29, 1.82) is 0 Å². The summed E-state index contributed by atoms with van der Waals surface area (Å²) in [5.74, 6) is -0.00103. The minimum absolute atomic E-state index is 0.00103. The summed E-state index contributed by atoms with van der Waals surface area (Å²) < 4.78 is 0. The second kappa shape index (κ2) is 5.18. The van der Waals surface area contributed by atoms with Gasteiger partial charge in [0.05, 0.1) is 0 Å². The number of carbonyl (C=O) groups excluding carboxylic acids is 1. The molecule has 1 heterocycles. The fraction of sp³-hybridized carbons (Fsp3) is 0.250. The number of rotatable bonds is 4. The van der Waals surface area contributed by atoms with Gasteiger partial charge in [0.25, 0.3) is 5.91 Å². The van der Waals surface area contributed by atoms with Crippen molar-refractivity contribution in [1.82, 2.24) is 5.32 Å².